The maximum Gasteiger partial charge on any atom is 0.118 e. The maximum atomic E-state index is 4.97. The molecule has 0 amide bonds. The normalized spacial score (nSPS) is 23.2. The minimum absolute atomic E-state index is 0.892. The average molecular weight is 367 g/mol. The van der Waals surface area contributed by atoms with Gasteiger partial charge in [0.05, 0.1) is 7.11 Å². The molecule has 2 aliphatic rings. The molecular weight excluding hydrogens is 328 g/mol. The van der Waals surface area contributed by atoms with Crippen molar-refractivity contribution in [3.8, 4) is 5.75 Å². The zero-order valence-electron chi connectivity index (χ0n) is 18.0. The molecule has 0 aromatic heterocycles. The van der Waals surface area contributed by atoms with Crippen LogP contribution in [0.5, 0.6) is 5.75 Å². The van der Waals surface area contributed by atoms with E-state index >= 15 is 0 Å². The van der Waals surface area contributed by atoms with Crippen LogP contribution in [0.15, 0.2) is 48.5 Å². The van der Waals surface area contributed by atoms with E-state index in [0.717, 1.165) is 23.5 Å². The molecule has 2 fully saturated rings. The van der Waals surface area contributed by atoms with Crippen LogP contribution in [0.4, 0.5) is 0 Å². The van der Waals surface area contributed by atoms with Crippen LogP contribution in [-0.4, -0.2) is 7.11 Å². The summed E-state index contributed by atoms with van der Waals surface area (Å²) in [5.74, 6) is 3.80. The highest BCUT2D eigenvalue weighted by Gasteiger charge is 2.37. The Morgan fingerprint density at radius 1 is 0.741 bits per heavy atom. The minimum Gasteiger partial charge on any atom is -0.497 e. The van der Waals surface area contributed by atoms with E-state index in [2.05, 4.69) is 38.1 Å². The quantitative estimate of drug-likeness (QED) is 0.529. The summed E-state index contributed by atoms with van der Waals surface area (Å²) in [5, 5.41) is 0. The highest BCUT2D eigenvalue weighted by molar-refractivity contribution is 5.31. The molecule has 27 heavy (non-hydrogen) atoms. The van der Waals surface area contributed by atoms with Gasteiger partial charge < -0.3 is 4.74 Å². The van der Waals surface area contributed by atoms with Crippen LogP contribution < -0.4 is 4.74 Å². The molecule has 0 heterocycles. The van der Waals surface area contributed by atoms with E-state index in [0.29, 0.717) is 0 Å². The number of benzene rings is 2. The Morgan fingerprint density at radius 2 is 1.26 bits per heavy atom. The molecule has 0 saturated heterocycles. The molecule has 2 aliphatic carbocycles. The van der Waals surface area contributed by atoms with E-state index in [1.807, 2.05) is 38.1 Å². The summed E-state index contributed by atoms with van der Waals surface area (Å²) >= 11 is 0. The van der Waals surface area contributed by atoms with Crippen LogP contribution >= 0.6 is 0 Å². The van der Waals surface area contributed by atoms with Crippen LogP contribution in [0.25, 0.3) is 0 Å². The van der Waals surface area contributed by atoms with Gasteiger partial charge >= 0.3 is 0 Å². The van der Waals surface area contributed by atoms with Crippen LogP contribution in [0.2, 0.25) is 0 Å². The molecule has 2 aromatic carbocycles. The number of aryl methyl sites for hydroxylation is 2. The monoisotopic (exact) mass is 366 g/mol. The first-order valence-corrected chi connectivity index (χ1v) is 10.8. The van der Waals surface area contributed by atoms with Crippen molar-refractivity contribution in [2.24, 2.45) is 11.8 Å². The number of hydrogen-bond donors (Lipinski definition) is 0. The second kappa shape index (κ2) is 11.2. The minimum atomic E-state index is 0.892. The Bertz CT molecular complexity index is 636. The fourth-order valence-corrected chi connectivity index (χ4v) is 4.82. The average Bonchev–Trinajstić information content (AvgIpc) is 2.70. The zero-order chi connectivity index (χ0) is 19.6. The summed E-state index contributed by atoms with van der Waals surface area (Å²) in [6, 6.07) is 17.0. The molecule has 0 aliphatic heterocycles. The standard InChI is InChI=1S/C16H22.C8H10O.C2H6/c1-12-6-2-3-11-15(12)16-13-7-4-8-14(16)10-5-9-13;1-7-3-5-8(9-2)6-4-7;1-2/h2-3,6,11,13-14,16H,4-5,7-10H2,1H3;3-6H,1-2H3;1-2H3. The van der Waals surface area contributed by atoms with Gasteiger partial charge in [0.15, 0.2) is 0 Å². The van der Waals surface area contributed by atoms with E-state index in [1.165, 1.54) is 49.7 Å². The van der Waals surface area contributed by atoms with Gasteiger partial charge in [0, 0.05) is 0 Å². The van der Waals surface area contributed by atoms with Crippen LogP contribution in [0.1, 0.15) is 75.0 Å². The van der Waals surface area contributed by atoms with Gasteiger partial charge in [-0.1, -0.05) is 68.7 Å². The van der Waals surface area contributed by atoms with Crippen LogP contribution in [0, 0.1) is 25.7 Å². The summed E-state index contributed by atoms with van der Waals surface area (Å²) in [6.45, 7) is 8.35. The van der Waals surface area contributed by atoms with Gasteiger partial charge in [0.2, 0.25) is 0 Å². The summed E-state index contributed by atoms with van der Waals surface area (Å²) in [4.78, 5) is 0. The lowest BCUT2D eigenvalue weighted by atomic mass is 9.62. The Kier molecular flexibility index (Phi) is 8.91. The summed E-state index contributed by atoms with van der Waals surface area (Å²) in [7, 11) is 1.67. The summed E-state index contributed by atoms with van der Waals surface area (Å²) < 4.78 is 4.97. The molecule has 1 nitrogen and oxygen atoms in total. The van der Waals surface area contributed by atoms with E-state index < -0.39 is 0 Å². The lowest BCUT2D eigenvalue weighted by Crippen LogP contribution is -2.30. The maximum absolute atomic E-state index is 4.97. The third kappa shape index (κ3) is 5.86. The number of methoxy groups -OCH3 is 1. The molecule has 148 valence electrons. The molecule has 4 rings (SSSR count). The Hall–Kier alpha value is -1.76. The van der Waals surface area contributed by atoms with E-state index in [4.69, 9.17) is 4.74 Å². The van der Waals surface area contributed by atoms with Gasteiger partial charge in [-0.3, -0.25) is 0 Å². The first-order valence-electron chi connectivity index (χ1n) is 10.8. The number of rotatable bonds is 2. The van der Waals surface area contributed by atoms with E-state index in [9.17, 15) is 0 Å². The molecule has 0 unspecified atom stereocenters. The smallest absolute Gasteiger partial charge is 0.118 e. The molecule has 0 radical (unpaired) electrons. The van der Waals surface area contributed by atoms with E-state index in [1.54, 1.807) is 12.7 Å². The van der Waals surface area contributed by atoms with Crippen molar-refractivity contribution < 1.29 is 4.74 Å². The van der Waals surface area contributed by atoms with Crippen molar-refractivity contribution in [3.05, 3.63) is 65.2 Å². The van der Waals surface area contributed by atoms with Crippen molar-refractivity contribution in [1.82, 2.24) is 0 Å². The fraction of sp³-hybridized carbons (Fsp3) is 0.538. The first-order chi connectivity index (χ1) is 13.2. The second-order valence-electron chi connectivity index (χ2n) is 7.78. The fourth-order valence-electron chi connectivity index (χ4n) is 4.82. The zero-order valence-corrected chi connectivity index (χ0v) is 18.0. The molecule has 0 atom stereocenters. The lowest BCUT2D eigenvalue weighted by Gasteiger charge is -2.43. The van der Waals surface area contributed by atoms with Crippen molar-refractivity contribution in [2.75, 3.05) is 7.11 Å². The van der Waals surface area contributed by atoms with Gasteiger partial charge in [-0.25, -0.2) is 0 Å². The van der Waals surface area contributed by atoms with E-state index in [-0.39, 0.29) is 0 Å². The Morgan fingerprint density at radius 3 is 1.74 bits per heavy atom. The number of ether oxygens (including phenoxy) is 1. The third-order valence-electron chi connectivity index (χ3n) is 6.12. The second-order valence-corrected chi connectivity index (χ2v) is 7.78. The highest BCUT2D eigenvalue weighted by Crippen LogP contribution is 2.50. The van der Waals surface area contributed by atoms with Gasteiger partial charge in [0.25, 0.3) is 0 Å². The molecule has 2 bridgehead atoms. The molecular formula is C26H38O. The molecule has 2 saturated carbocycles. The van der Waals surface area contributed by atoms with Gasteiger partial charge in [-0.2, -0.15) is 0 Å². The summed E-state index contributed by atoms with van der Waals surface area (Å²) in [5.41, 5.74) is 4.44. The predicted molar refractivity (Wildman–Crippen MR) is 118 cm³/mol. The predicted octanol–water partition coefficient (Wildman–Crippen LogP) is 7.71. The molecule has 0 spiro atoms. The van der Waals surface area contributed by atoms with Gasteiger partial charge in [-0.15, -0.1) is 0 Å². The highest BCUT2D eigenvalue weighted by atomic mass is 16.5. The SMILES string of the molecule is CC.COc1ccc(C)cc1.Cc1ccccc1C1C2CCCC1CCC2. The summed E-state index contributed by atoms with van der Waals surface area (Å²) in [6.07, 6.45) is 8.89. The van der Waals surface area contributed by atoms with Crippen molar-refractivity contribution in [1.29, 1.82) is 0 Å². The van der Waals surface area contributed by atoms with Gasteiger partial charge in [-0.05, 0) is 80.5 Å². The van der Waals surface area contributed by atoms with Crippen molar-refractivity contribution in [3.63, 3.8) is 0 Å². The first kappa shape index (κ1) is 21.5. The Labute approximate surface area is 167 Å². The van der Waals surface area contributed by atoms with Gasteiger partial charge in [0.1, 0.15) is 5.75 Å². The topological polar surface area (TPSA) is 9.23 Å². The van der Waals surface area contributed by atoms with Crippen molar-refractivity contribution >= 4 is 0 Å². The Balaban J connectivity index is 0.000000203. The third-order valence-corrected chi connectivity index (χ3v) is 6.12. The molecule has 2 aromatic rings. The lowest BCUT2D eigenvalue weighted by molar-refractivity contribution is 0.149. The van der Waals surface area contributed by atoms with Crippen LogP contribution in [0.3, 0.4) is 0 Å². The van der Waals surface area contributed by atoms with Crippen LogP contribution in [-0.2, 0) is 0 Å². The molecule has 1 heteroatoms. The molecule has 0 N–H and O–H groups in total. The number of hydrogen-bond acceptors (Lipinski definition) is 1. The number of fused-ring (bicyclic) bond motifs is 2. The van der Waals surface area contributed by atoms with Crippen molar-refractivity contribution in [2.45, 2.75) is 72.1 Å². The largest absolute Gasteiger partial charge is 0.497 e.